The van der Waals surface area contributed by atoms with E-state index in [2.05, 4.69) is 15.0 Å². The van der Waals surface area contributed by atoms with Crippen LogP contribution in [0, 0.1) is 5.82 Å². The second-order valence-corrected chi connectivity index (χ2v) is 6.98. The van der Waals surface area contributed by atoms with Gasteiger partial charge in [-0.15, -0.1) is 0 Å². The van der Waals surface area contributed by atoms with Crippen LogP contribution >= 0.6 is 11.3 Å². The van der Waals surface area contributed by atoms with Gasteiger partial charge in [-0.25, -0.2) is 9.37 Å². The van der Waals surface area contributed by atoms with Gasteiger partial charge in [0.2, 0.25) is 10.8 Å². The molecule has 1 aliphatic heterocycles. The molecule has 0 spiro atoms. The molecular weight excluding hydrogens is 331 g/mol. The Kier molecular flexibility index (Phi) is 3.95. The van der Waals surface area contributed by atoms with Gasteiger partial charge < -0.3 is 10.2 Å². The molecule has 1 fully saturated rings. The highest BCUT2D eigenvalue weighted by atomic mass is 32.1. The number of rotatable bonds is 3. The van der Waals surface area contributed by atoms with Crippen LogP contribution < -0.4 is 0 Å². The molecule has 4 rings (SSSR count). The number of benzene rings is 1. The number of aromatic nitrogens is 3. The standard InChI is InChI=1S/C16H17FN4O2S/c17-11-3-1-2-10(8-11)13(20-6-4-12(22)5-7-20)14-15(23)21-16(24-14)18-9-19-21/h1-3,8-9,12-13,22-23H,4-7H2/t13-/m1/s1. The lowest BCUT2D eigenvalue weighted by molar-refractivity contribution is 0.0689. The highest BCUT2D eigenvalue weighted by Crippen LogP contribution is 2.40. The Morgan fingerprint density at radius 2 is 2.08 bits per heavy atom. The number of likely N-dealkylation sites (tertiary alicyclic amines) is 1. The van der Waals surface area contributed by atoms with Crippen molar-refractivity contribution in [2.45, 2.75) is 25.0 Å². The maximum Gasteiger partial charge on any atom is 0.230 e. The van der Waals surface area contributed by atoms with Crippen molar-refractivity contribution in [3.63, 3.8) is 0 Å². The number of nitrogens with zero attached hydrogens (tertiary/aromatic N) is 4. The number of thiazole rings is 1. The lowest BCUT2D eigenvalue weighted by atomic mass is 9.99. The van der Waals surface area contributed by atoms with Gasteiger partial charge in [0, 0.05) is 13.1 Å². The molecule has 6 nitrogen and oxygen atoms in total. The Morgan fingerprint density at radius 1 is 1.29 bits per heavy atom. The highest BCUT2D eigenvalue weighted by Gasteiger charge is 2.31. The first-order valence-electron chi connectivity index (χ1n) is 7.82. The van der Waals surface area contributed by atoms with Crippen LogP contribution in [0.25, 0.3) is 4.96 Å². The molecule has 8 heteroatoms. The van der Waals surface area contributed by atoms with E-state index in [1.165, 1.54) is 34.3 Å². The molecule has 0 bridgehead atoms. The van der Waals surface area contributed by atoms with Crippen LogP contribution in [-0.4, -0.2) is 48.9 Å². The van der Waals surface area contributed by atoms with Crippen LogP contribution in [0.15, 0.2) is 30.6 Å². The summed E-state index contributed by atoms with van der Waals surface area (Å²) in [4.78, 5) is 7.57. The number of hydrogen-bond acceptors (Lipinski definition) is 6. The third-order valence-electron chi connectivity index (χ3n) is 4.42. The number of aliphatic hydroxyl groups excluding tert-OH is 1. The summed E-state index contributed by atoms with van der Waals surface area (Å²) in [5.41, 5.74) is 0.770. The third-order valence-corrected chi connectivity index (χ3v) is 5.50. The number of aliphatic hydroxyl groups is 1. The van der Waals surface area contributed by atoms with Gasteiger partial charge in [-0.2, -0.15) is 9.61 Å². The van der Waals surface area contributed by atoms with Crippen LogP contribution in [0.1, 0.15) is 29.3 Å². The summed E-state index contributed by atoms with van der Waals surface area (Å²) >= 11 is 1.35. The maximum absolute atomic E-state index is 13.8. The normalized spacial score (nSPS) is 18.2. The van der Waals surface area contributed by atoms with Crippen molar-refractivity contribution >= 4 is 16.3 Å². The Bertz CT molecular complexity index is 857. The van der Waals surface area contributed by atoms with Crippen LogP contribution in [0.4, 0.5) is 4.39 Å². The summed E-state index contributed by atoms with van der Waals surface area (Å²) in [6.07, 6.45) is 2.41. The first-order valence-corrected chi connectivity index (χ1v) is 8.64. The highest BCUT2D eigenvalue weighted by molar-refractivity contribution is 7.17. The molecule has 24 heavy (non-hydrogen) atoms. The SMILES string of the molecule is Oc1c([C@@H](c2cccc(F)c2)N2CCC(O)CC2)sc2ncnn12. The van der Waals surface area contributed by atoms with Gasteiger partial charge in [0.05, 0.1) is 17.0 Å². The molecule has 126 valence electrons. The Labute approximate surface area is 141 Å². The molecule has 3 aromatic rings. The van der Waals surface area contributed by atoms with Crippen molar-refractivity contribution in [2.24, 2.45) is 0 Å². The first-order chi connectivity index (χ1) is 11.6. The second-order valence-electron chi connectivity index (χ2n) is 5.97. The lowest BCUT2D eigenvalue weighted by Gasteiger charge is -2.36. The maximum atomic E-state index is 13.8. The molecule has 1 aromatic carbocycles. The largest absolute Gasteiger partial charge is 0.492 e. The van der Waals surface area contributed by atoms with Crippen molar-refractivity contribution in [3.05, 3.63) is 46.9 Å². The van der Waals surface area contributed by atoms with Crippen molar-refractivity contribution in [1.29, 1.82) is 0 Å². The predicted octanol–water partition coefficient (Wildman–Crippen LogP) is 2.18. The number of fused-ring (bicyclic) bond motifs is 1. The summed E-state index contributed by atoms with van der Waals surface area (Å²) in [5.74, 6) is -0.277. The van der Waals surface area contributed by atoms with Gasteiger partial charge in [-0.05, 0) is 30.5 Å². The monoisotopic (exact) mass is 348 g/mol. The van der Waals surface area contributed by atoms with Crippen LogP contribution in [0.2, 0.25) is 0 Å². The van der Waals surface area contributed by atoms with Crippen molar-refractivity contribution in [1.82, 2.24) is 19.5 Å². The van der Waals surface area contributed by atoms with Gasteiger partial charge in [0.1, 0.15) is 12.1 Å². The number of piperidine rings is 1. The Hall–Kier alpha value is -2.03. The third kappa shape index (κ3) is 2.66. The summed E-state index contributed by atoms with van der Waals surface area (Å²) in [5, 5.41) is 24.4. The molecule has 1 saturated heterocycles. The summed E-state index contributed by atoms with van der Waals surface area (Å²) in [6.45, 7) is 1.35. The van der Waals surface area contributed by atoms with Gasteiger partial charge in [-0.1, -0.05) is 23.5 Å². The zero-order valence-electron chi connectivity index (χ0n) is 12.8. The fourth-order valence-corrected chi connectivity index (χ4v) is 4.31. The fourth-order valence-electron chi connectivity index (χ4n) is 3.22. The molecule has 0 aliphatic carbocycles. The van der Waals surface area contributed by atoms with E-state index in [1.54, 1.807) is 6.07 Å². The molecule has 3 heterocycles. The molecule has 1 aliphatic rings. The number of halogens is 1. The van der Waals surface area contributed by atoms with E-state index in [9.17, 15) is 14.6 Å². The molecule has 0 amide bonds. The van der Waals surface area contributed by atoms with E-state index >= 15 is 0 Å². The molecule has 0 radical (unpaired) electrons. The smallest absolute Gasteiger partial charge is 0.230 e. The molecular formula is C16H17FN4O2S. The van der Waals surface area contributed by atoms with E-state index in [-0.39, 0.29) is 23.8 Å². The number of aromatic hydroxyl groups is 1. The lowest BCUT2D eigenvalue weighted by Crippen LogP contribution is -2.38. The van der Waals surface area contributed by atoms with E-state index in [0.29, 0.717) is 35.8 Å². The predicted molar refractivity (Wildman–Crippen MR) is 87.6 cm³/mol. The topological polar surface area (TPSA) is 73.9 Å². The van der Waals surface area contributed by atoms with Crippen LogP contribution in [-0.2, 0) is 0 Å². The second kappa shape index (κ2) is 6.12. The van der Waals surface area contributed by atoms with Gasteiger partial charge in [0.15, 0.2) is 0 Å². The average Bonchev–Trinajstić information content (AvgIpc) is 3.14. The zero-order valence-corrected chi connectivity index (χ0v) is 13.7. The zero-order chi connectivity index (χ0) is 16.7. The fraction of sp³-hybridized carbons (Fsp3) is 0.375. The van der Waals surface area contributed by atoms with Crippen LogP contribution in [0.5, 0.6) is 5.88 Å². The van der Waals surface area contributed by atoms with Gasteiger partial charge >= 0.3 is 0 Å². The van der Waals surface area contributed by atoms with Crippen LogP contribution in [0.3, 0.4) is 0 Å². The minimum atomic E-state index is -0.312. The summed E-state index contributed by atoms with van der Waals surface area (Å²) in [6, 6.07) is 6.13. The van der Waals surface area contributed by atoms with Crippen molar-refractivity contribution in [2.75, 3.05) is 13.1 Å². The van der Waals surface area contributed by atoms with Gasteiger partial charge in [0.25, 0.3) is 0 Å². The van der Waals surface area contributed by atoms with E-state index in [0.717, 1.165) is 5.56 Å². The summed E-state index contributed by atoms with van der Waals surface area (Å²) in [7, 11) is 0. The van der Waals surface area contributed by atoms with Gasteiger partial charge in [-0.3, -0.25) is 4.90 Å². The van der Waals surface area contributed by atoms with Crippen molar-refractivity contribution in [3.8, 4) is 5.88 Å². The molecule has 1 atom stereocenters. The minimum Gasteiger partial charge on any atom is -0.492 e. The first kappa shape index (κ1) is 15.5. The Morgan fingerprint density at radius 3 is 2.79 bits per heavy atom. The average molecular weight is 348 g/mol. The number of hydrogen-bond donors (Lipinski definition) is 2. The molecule has 0 unspecified atom stereocenters. The minimum absolute atomic E-state index is 0.0351. The van der Waals surface area contributed by atoms with E-state index in [1.807, 2.05) is 6.07 Å². The van der Waals surface area contributed by atoms with E-state index in [4.69, 9.17) is 0 Å². The molecule has 2 N–H and O–H groups in total. The molecule has 0 saturated carbocycles. The quantitative estimate of drug-likeness (QED) is 0.759. The van der Waals surface area contributed by atoms with Crippen molar-refractivity contribution < 1.29 is 14.6 Å². The summed E-state index contributed by atoms with van der Waals surface area (Å²) < 4.78 is 15.2. The molecule has 2 aromatic heterocycles. The Balaban J connectivity index is 1.80. The van der Waals surface area contributed by atoms with E-state index < -0.39 is 0 Å².